The number of carboxylic acids is 1. The molecule has 0 aromatic heterocycles. The summed E-state index contributed by atoms with van der Waals surface area (Å²) in [5.74, 6) is -0.427. The third-order valence-electron chi connectivity index (χ3n) is 3.86. The van der Waals surface area contributed by atoms with E-state index in [2.05, 4.69) is 10.2 Å². The van der Waals surface area contributed by atoms with Crippen molar-refractivity contribution >= 4 is 17.3 Å². The molecule has 5 nitrogen and oxygen atoms in total. The van der Waals surface area contributed by atoms with Crippen LogP contribution < -0.4 is 10.2 Å². The molecule has 1 saturated heterocycles. The molecule has 1 atom stereocenters. The maximum Gasteiger partial charge on any atom is 0.325 e. The van der Waals surface area contributed by atoms with E-state index in [1.807, 2.05) is 24.3 Å². The van der Waals surface area contributed by atoms with Gasteiger partial charge in [-0.1, -0.05) is 0 Å². The van der Waals surface area contributed by atoms with Crippen molar-refractivity contribution in [2.45, 2.75) is 25.8 Å². The predicted molar refractivity (Wildman–Crippen MR) is 79.2 cm³/mol. The summed E-state index contributed by atoms with van der Waals surface area (Å²) in [4.78, 5) is 13.1. The number of aliphatic hydroxyl groups excluding tert-OH is 1. The van der Waals surface area contributed by atoms with Crippen molar-refractivity contribution in [1.29, 1.82) is 0 Å². The molecule has 5 heteroatoms. The number of benzene rings is 1. The molecule has 1 fully saturated rings. The van der Waals surface area contributed by atoms with Crippen LogP contribution in [0.25, 0.3) is 0 Å². The third-order valence-corrected chi connectivity index (χ3v) is 3.86. The van der Waals surface area contributed by atoms with Gasteiger partial charge in [-0.3, -0.25) is 4.79 Å². The van der Waals surface area contributed by atoms with E-state index in [4.69, 9.17) is 10.2 Å². The highest BCUT2D eigenvalue weighted by Crippen LogP contribution is 2.24. The first-order valence-electron chi connectivity index (χ1n) is 7.05. The topological polar surface area (TPSA) is 72.8 Å². The second-order valence-corrected chi connectivity index (χ2v) is 5.36. The van der Waals surface area contributed by atoms with Gasteiger partial charge in [0.2, 0.25) is 0 Å². The Morgan fingerprint density at radius 2 is 1.95 bits per heavy atom. The number of aliphatic carboxylic acids is 1. The third kappa shape index (κ3) is 3.63. The molecule has 0 unspecified atom stereocenters. The minimum Gasteiger partial charge on any atom is -0.480 e. The zero-order valence-corrected chi connectivity index (χ0v) is 11.7. The number of carbonyl (C=O) groups is 1. The van der Waals surface area contributed by atoms with Crippen LogP contribution in [0.1, 0.15) is 19.8 Å². The number of piperidine rings is 1. The number of nitrogens with one attached hydrogen (secondary N) is 1. The van der Waals surface area contributed by atoms with Gasteiger partial charge in [0.05, 0.1) is 0 Å². The van der Waals surface area contributed by atoms with Crippen LogP contribution in [0.15, 0.2) is 24.3 Å². The van der Waals surface area contributed by atoms with Gasteiger partial charge in [-0.15, -0.1) is 0 Å². The SMILES string of the molecule is C[C@H](Nc1ccc(N2CCC(CO)CC2)cc1)C(=O)O. The summed E-state index contributed by atoms with van der Waals surface area (Å²) in [5.41, 5.74) is 1.96. The van der Waals surface area contributed by atoms with Crippen molar-refractivity contribution in [1.82, 2.24) is 0 Å². The summed E-state index contributed by atoms with van der Waals surface area (Å²) >= 11 is 0. The molecule has 0 amide bonds. The molecule has 0 spiro atoms. The van der Waals surface area contributed by atoms with Crippen molar-refractivity contribution in [2.75, 3.05) is 29.9 Å². The molecule has 1 aromatic carbocycles. The van der Waals surface area contributed by atoms with Crippen molar-refractivity contribution in [3.05, 3.63) is 24.3 Å². The summed E-state index contributed by atoms with van der Waals surface area (Å²) in [5, 5.41) is 20.9. The minimum atomic E-state index is -0.861. The first-order valence-corrected chi connectivity index (χ1v) is 7.05. The summed E-state index contributed by atoms with van der Waals surface area (Å²) in [7, 11) is 0. The van der Waals surface area contributed by atoms with Gasteiger partial charge in [0.15, 0.2) is 0 Å². The van der Waals surface area contributed by atoms with E-state index in [0.717, 1.165) is 37.3 Å². The number of carboxylic acid groups (broad SMARTS) is 1. The Morgan fingerprint density at radius 3 is 2.45 bits per heavy atom. The number of nitrogens with zero attached hydrogens (tertiary/aromatic N) is 1. The van der Waals surface area contributed by atoms with Gasteiger partial charge in [-0.05, 0) is 49.9 Å². The molecule has 1 aromatic rings. The van der Waals surface area contributed by atoms with E-state index < -0.39 is 12.0 Å². The maximum atomic E-state index is 10.8. The highest BCUT2D eigenvalue weighted by atomic mass is 16.4. The fraction of sp³-hybridized carbons (Fsp3) is 0.533. The summed E-state index contributed by atoms with van der Waals surface area (Å²) < 4.78 is 0. The maximum absolute atomic E-state index is 10.8. The first-order chi connectivity index (χ1) is 9.60. The summed E-state index contributed by atoms with van der Waals surface area (Å²) in [6, 6.07) is 7.24. The lowest BCUT2D eigenvalue weighted by atomic mass is 9.97. The second-order valence-electron chi connectivity index (χ2n) is 5.36. The van der Waals surface area contributed by atoms with Crippen LogP contribution in [0, 0.1) is 5.92 Å². The van der Waals surface area contributed by atoms with Crippen LogP contribution in [-0.4, -0.2) is 41.9 Å². The van der Waals surface area contributed by atoms with Crippen molar-refractivity contribution in [2.24, 2.45) is 5.92 Å². The lowest BCUT2D eigenvalue weighted by Gasteiger charge is -2.33. The summed E-state index contributed by atoms with van der Waals surface area (Å²) in [6.45, 7) is 3.83. The fourth-order valence-corrected chi connectivity index (χ4v) is 2.45. The van der Waals surface area contributed by atoms with Crippen LogP contribution in [0.5, 0.6) is 0 Å². The standard InChI is InChI=1S/C15H22N2O3/c1-11(15(19)20)16-13-2-4-14(5-3-13)17-8-6-12(10-18)7-9-17/h2-5,11-12,16,18H,6-10H2,1H3,(H,19,20)/t11-/m0/s1. The molecule has 1 aliphatic heterocycles. The number of hydrogen-bond acceptors (Lipinski definition) is 4. The van der Waals surface area contributed by atoms with E-state index in [1.54, 1.807) is 6.92 Å². The zero-order chi connectivity index (χ0) is 14.5. The van der Waals surface area contributed by atoms with Gasteiger partial charge < -0.3 is 20.4 Å². The van der Waals surface area contributed by atoms with E-state index in [1.165, 1.54) is 0 Å². The number of anilines is 2. The van der Waals surface area contributed by atoms with E-state index in [-0.39, 0.29) is 6.61 Å². The minimum absolute atomic E-state index is 0.282. The van der Waals surface area contributed by atoms with Crippen molar-refractivity contribution in [3.8, 4) is 0 Å². The largest absolute Gasteiger partial charge is 0.480 e. The Morgan fingerprint density at radius 1 is 1.35 bits per heavy atom. The molecule has 0 radical (unpaired) electrons. The molecule has 20 heavy (non-hydrogen) atoms. The van der Waals surface area contributed by atoms with Crippen LogP contribution in [0.4, 0.5) is 11.4 Å². The van der Waals surface area contributed by atoms with Crippen LogP contribution in [-0.2, 0) is 4.79 Å². The van der Waals surface area contributed by atoms with Crippen LogP contribution in [0.3, 0.4) is 0 Å². The lowest BCUT2D eigenvalue weighted by Crippen LogP contribution is -2.34. The molecule has 0 saturated carbocycles. The Balaban J connectivity index is 1.93. The molecule has 0 aliphatic carbocycles. The van der Waals surface area contributed by atoms with Crippen LogP contribution >= 0.6 is 0 Å². The van der Waals surface area contributed by atoms with Gasteiger partial charge in [0.25, 0.3) is 0 Å². The average Bonchev–Trinajstić information content (AvgIpc) is 2.48. The van der Waals surface area contributed by atoms with Gasteiger partial charge in [-0.25, -0.2) is 0 Å². The number of hydrogen-bond donors (Lipinski definition) is 3. The molecule has 1 aliphatic rings. The second kappa shape index (κ2) is 6.61. The van der Waals surface area contributed by atoms with E-state index in [0.29, 0.717) is 5.92 Å². The van der Waals surface area contributed by atoms with E-state index >= 15 is 0 Å². The lowest BCUT2D eigenvalue weighted by molar-refractivity contribution is -0.137. The highest BCUT2D eigenvalue weighted by Gasteiger charge is 2.18. The van der Waals surface area contributed by atoms with Crippen molar-refractivity contribution < 1.29 is 15.0 Å². The highest BCUT2D eigenvalue weighted by molar-refractivity contribution is 5.76. The van der Waals surface area contributed by atoms with Crippen molar-refractivity contribution in [3.63, 3.8) is 0 Å². The Kier molecular flexibility index (Phi) is 4.84. The molecule has 110 valence electrons. The van der Waals surface area contributed by atoms with E-state index in [9.17, 15) is 4.79 Å². The number of aliphatic hydroxyl groups is 1. The first kappa shape index (κ1) is 14.7. The number of rotatable bonds is 5. The van der Waals surface area contributed by atoms with Gasteiger partial charge in [0.1, 0.15) is 6.04 Å². The molecular weight excluding hydrogens is 256 g/mol. The van der Waals surface area contributed by atoms with Gasteiger partial charge in [-0.2, -0.15) is 0 Å². The molecule has 0 bridgehead atoms. The molecular formula is C15H22N2O3. The van der Waals surface area contributed by atoms with Gasteiger partial charge >= 0.3 is 5.97 Å². The van der Waals surface area contributed by atoms with Crippen LogP contribution in [0.2, 0.25) is 0 Å². The molecule has 2 rings (SSSR count). The zero-order valence-electron chi connectivity index (χ0n) is 11.7. The van der Waals surface area contributed by atoms with Gasteiger partial charge in [0, 0.05) is 31.1 Å². The smallest absolute Gasteiger partial charge is 0.325 e. The average molecular weight is 278 g/mol. The molecule has 3 N–H and O–H groups in total. The fourth-order valence-electron chi connectivity index (χ4n) is 2.45. The monoisotopic (exact) mass is 278 g/mol. The Bertz CT molecular complexity index is 439. The predicted octanol–water partition coefficient (Wildman–Crippen LogP) is 1.78. The Hall–Kier alpha value is -1.75. The summed E-state index contributed by atoms with van der Waals surface area (Å²) in [6.07, 6.45) is 2.04. The molecule has 1 heterocycles. The normalized spacial score (nSPS) is 17.8. The quantitative estimate of drug-likeness (QED) is 0.765. The Labute approximate surface area is 119 Å².